The number of hydrogen-bond acceptors (Lipinski definition) is 3. The molecule has 0 aliphatic heterocycles. The van der Waals surface area contributed by atoms with Crippen LogP contribution in [0.25, 0.3) is 0 Å². The van der Waals surface area contributed by atoms with Gasteiger partial charge in [0.15, 0.2) is 5.96 Å². The summed E-state index contributed by atoms with van der Waals surface area (Å²) in [6.07, 6.45) is 1.79. The van der Waals surface area contributed by atoms with E-state index >= 15 is 0 Å². The maximum absolute atomic E-state index is 5.82. The first kappa shape index (κ1) is 18.5. The molecule has 1 heterocycles. The van der Waals surface area contributed by atoms with Crippen molar-refractivity contribution >= 4 is 5.96 Å². The van der Waals surface area contributed by atoms with Crippen LogP contribution >= 0.6 is 0 Å². The van der Waals surface area contributed by atoms with Crippen LogP contribution in [0.5, 0.6) is 11.5 Å². The zero-order valence-electron chi connectivity index (χ0n) is 15.7. The molecule has 0 unspecified atom stereocenters. The number of aryl methyl sites for hydroxylation is 1. The summed E-state index contributed by atoms with van der Waals surface area (Å²) < 4.78 is 7.67. The monoisotopic (exact) mass is 363 g/mol. The molecule has 0 aliphatic rings. The Hall–Kier alpha value is -3.28. The average molecular weight is 363 g/mol. The predicted molar refractivity (Wildman–Crippen MR) is 108 cm³/mol. The van der Waals surface area contributed by atoms with E-state index in [9.17, 15) is 0 Å². The molecule has 3 aromatic rings. The zero-order chi connectivity index (χ0) is 18.9. The lowest BCUT2D eigenvalue weighted by Gasteiger charge is -2.11. The third-order valence-corrected chi connectivity index (χ3v) is 4.03. The third-order valence-electron chi connectivity index (χ3n) is 4.03. The van der Waals surface area contributed by atoms with E-state index in [2.05, 4.69) is 27.6 Å². The molecule has 2 N–H and O–H groups in total. The van der Waals surface area contributed by atoms with Crippen molar-refractivity contribution < 1.29 is 4.74 Å². The van der Waals surface area contributed by atoms with E-state index in [1.54, 1.807) is 6.20 Å². The maximum Gasteiger partial charge on any atom is 0.191 e. The topological polar surface area (TPSA) is 63.5 Å². The van der Waals surface area contributed by atoms with Gasteiger partial charge in [-0.1, -0.05) is 30.3 Å². The van der Waals surface area contributed by atoms with Crippen molar-refractivity contribution in [1.82, 2.24) is 20.4 Å². The van der Waals surface area contributed by atoms with Gasteiger partial charge in [0.2, 0.25) is 0 Å². The lowest BCUT2D eigenvalue weighted by atomic mass is 10.2. The Bertz CT molecular complexity index is 856. The van der Waals surface area contributed by atoms with Gasteiger partial charge in [-0.25, -0.2) is 4.99 Å². The molecule has 27 heavy (non-hydrogen) atoms. The van der Waals surface area contributed by atoms with Crippen molar-refractivity contribution in [3.05, 3.63) is 78.1 Å². The second-order valence-corrected chi connectivity index (χ2v) is 6.05. The van der Waals surface area contributed by atoms with E-state index in [1.807, 2.05) is 72.4 Å². The number of guanidine groups is 1. The van der Waals surface area contributed by atoms with Gasteiger partial charge in [-0.3, -0.25) is 4.68 Å². The first-order valence-electron chi connectivity index (χ1n) is 9.05. The van der Waals surface area contributed by atoms with Crippen LogP contribution in [0.2, 0.25) is 0 Å². The van der Waals surface area contributed by atoms with Crippen LogP contribution < -0.4 is 15.4 Å². The molecule has 0 fully saturated rings. The highest BCUT2D eigenvalue weighted by Crippen LogP contribution is 2.21. The molecule has 1 aromatic heterocycles. The van der Waals surface area contributed by atoms with Gasteiger partial charge in [-0.05, 0) is 42.8 Å². The van der Waals surface area contributed by atoms with Gasteiger partial charge in [0.25, 0.3) is 0 Å². The molecule has 0 saturated carbocycles. The number of benzene rings is 2. The second kappa shape index (κ2) is 9.43. The SMILES string of the molecule is CCNC(=NCc1ccc(Oc2ccccc2)cc1)NCc1ccnn1C. The summed E-state index contributed by atoms with van der Waals surface area (Å²) in [6.45, 7) is 4.12. The quantitative estimate of drug-likeness (QED) is 0.498. The molecule has 0 bridgehead atoms. The number of nitrogens with zero attached hydrogens (tertiary/aromatic N) is 3. The third kappa shape index (κ3) is 5.60. The van der Waals surface area contributed by atoms with Crippen molar-refractivity contribution in [2.75, 3.05) is 6.54 Å². The summed E-state index contributed by atoms with van der Waals surface area (Å²) in [7, 11) is 1.93. The minimum Gasteiger partial charge on any atom is -0.457 e. The van der Waals surface area contributed by atoms with E-state index in [-0.39, 0.29) is 0 Å². The highest BCUT2D eigenvalue weighted by molar-refractivity contribution is 5.79. The largest absolute Gasteiger partial charge is 0.457 e. The minimum absolute atomic E-state index is 0.590. The molecule has 2 aromatic carbocycles. The molecule has 0 aliphatic carbocycles. The number of para-hydroxylation sites is 1. The molecule has 0 spiro atoms. The predicted octanol–water partition coefficient (Wildman–Crippen LogP) is 3.47. The number of nitrogens with one attached hydrogen (secondary N) is 2. The summed E-state index contributed by atoms with van der Waals surface area (Å²) >= 11 is 0. The Labute approximate surface area is 159 Å². The van der Waals surface area contributed by atoms with Crippen molar-refractivity contribution in [3.8, 4) is 11.5 Å². The van der Waals surface area contributed by atoms with Crippen LogP contribution in [0.3, 0.4) is 0 Å². The summed E-state index contributed by atoms with van der Waals surface area (Å²) in [5.74, 6) is 2.43. The molecule has 0 radical (unpaired) electrons. The van der Waals surface area contributed by atoms with E-state index in [4.69, 9.17) is 4.74 Å². The highest BCUT2D eigenvalue weighted by Gasteiger charge is 2.02. The first-order valence-corrected chi connectivity index (χ1v) is 9.05. The van der Waals surface area contributed by atoms with Crippen molar-refractivity contribution in [2.24, 2.45) is 12.0 Å². The van der Waals surface area contributed by atoms with Crippen LogP contribution in [0, 0.1) is 0 Å². The average Bonchev–Trinajstić information content (AvgIpc) is 3.11. The Kier molecular flexibility index (Phi) is 6.46. The van der Waals surface area contributed by atoms with Crippen LogP contribution in [0.4, 0.5) is 0 Å². The van der Waals surface area contributed by atoms with Gasteiger partial charge in [0, 0.05) is 19.8 Å². The van der Waals surface area contributed by atoms with Crippen molar-refractivity contribution in [1.29, 1.82) is 0 Å². The fourth-order valence-electron chi connectivity index (χ4n) is 2.55. The van der Waals surface area contributed by atoms with Crippen LogP contribution in [-0.4, -0.2) is 22.3 Å². The molecule has 0 amide bonds. The minimum atomic E-state index is 0.590. The van der Waals surface area contributed by atoms with Crippen LogP contribution in [-0.2, 0) is 20.1 Å². The lowest BCUT2D eigenvalue weighted by Crippen LogP contribution is -2.37. The normalized spacial score (nSPS) is 11.3. The van der Waals surface area contributed by atoms with Gasteiger partial charge < -0.3 is 15.4 Å². The van der Waals surface area contributed by atoms with Crippen molar-refractivity contribution in [3.63, 3.8) is 0 Å². The Morgan fingerprint density at radius 2 is 1.74 bits per heavy atom. The van der Waals surface area contributed by atoms with E-state index in [0.717, 1.165) is 35.3 Å². The molecule has 6 nitrogen and oxygen atoms in total. The maximum atomic E-state index is 5.82. The first-order chi connectivity index (χ1) is 13.2. The van der Waals surface area contributed by atoms with Crippen LogP contribution in [0.15, 0.2) is 71.9 Å². The van der Waals surface area contributed by atoms with Gasteiger partial charge in [0.05, 0.1) is 18.8 Å². The molecule has 3 rings (SSSR count). The Morgan fingerprint density at radius 3 is 2.41 bits per heavy atom. The summed E-state index contributed by atoms with van der Waals surface area (Å²) in [5.41, 5.74) is 2.22. The number of ether oxygens (including phenoxy) is 1. The number of rotatable bonds is 7. The number of hydrogen-bond donors (Lipinski definition) is 2. The fraction of sp³-hybridized carbons (Fsp3) is 0.238. The summed E-state index contributed by atoms with van der Waals surface area (Å²) in [4.78, 5) is 4.65. The molecule has 0 saturated heterocycles. The van der Waals surface area contributed by atoms with Crippen molar-refractivity contribution in [2.45, 2.75) is 20.0 Å². The van der Waals surface area contributed by atoms with Gasteiger partial charge in [0.1, 0.15) is 11.5 Å². The molecular weight excluding hydrogens is 338 g/mol. The van der Waals surface area contributed by atoms with Gasteiger partial charge in [-0.15, -0.1) is 0 Å². The lowest BCUT2D eigenvalue weighted by molar-refractivity contribution is 0.482. The van der Waals surface area contributed by atoms with E-state index in [1.165, 1.54) is 0 Å². The summed E-state index contributed by atoms with van der Waals surface area (Å²) in [5, 5.41) is 10.8. The zero-order valence-corrected chi connectivity index (χ0v) is 15.7. The number of aromatic nitrogens is 2. The van der Waals surface area contributed by atoms with Gasteiger partial charge in [-0.2, -0.15) is 5.10 Å². The molecule has 140 valence electrons. The fourth-order valence-corrected chi connectivity index (χ4v) is 2.55. The highest BCUT2D eigenvalue weighted by atomic mass is 16.5. The molecule has 0 atom stereocenters. The smallest absolute Gasteiger partial charge is 0.191 e. The summed E-state index contributed by atoms with van der Waals surface area (Å²) in [6, 6.07) is 19.8. The van der Waals surface area contributed by atoms with E-state index in [0.29, 0.717) is 13.1 Å². The number of aliphatic imine (C=N–C) groups is 1. The molecule has 6 heteroatoms. The molecular formula is C21H25N5O. The van der Waals surface area contributed by atoms with Gasteiger partial charge >= 0.3 is 0 Å². The Balaban J connectivity index is 1.57. The van der Waals surface area contributed by atoms with E-state index < -0.39 is 0 Å². The second-order valence-electron chi connectivity index (χ2n) is 6.05. The van der Waals surface area contributed by atoms with Crippen LogP contribution in [0.1, 0.15) is 18.2 Å². The standard InChI is InChI=1S/C21H25N5O/c1-3-22-21(24-16-18-13-14-25-26(18)2)23-15-17-9-11-20(12-10-17)27-19-7-5-4-6-8-19/h4-14H,3,15-16H2,1-2H3,(H2,22,23,24). The Morgan fingerprint density at radius 1 is 1.00 bits per heavy atom.